The molecule has 0 amide bonds. The Balaban J connectivity index is 2.18. The Bertz CT molecular complexity index is 393. The van der Waals surface area contributed by atoms with Crippen molar-refractivity contribution in [1.29, 1.82) is 0 Å². The molecule has 0 unspecified atom stereocenters. The van der Waals surface area contributed by atoms with Gasteiger partial charge in [0.1, 0.15) is 0 Å². The van der Waals surface area contributed by atoms with Gasteiger partial charge >= 0.3 is 0 Å². The van der Waals surface area contributed by atoms with Gasteiger partial charge in [-0.3, -0.25) is 0 Å². The molecule has 1 saturated heterocycles. The van der Waals surface area contributed by atoms with E-state index in [0.29, 0.717) is 11.3 Å². The molecule has 0 radical (unpaired) electrons. The standard InChI is InChI=1S/C14H19BrClN/c1-14(2)5-7-17(8-6-14)13-4-3-12(15)9-11(13)10-16/h3-4,9H,5-8,10H2,1-2H3. The van der Waals surface area contributed by atoms with Crippen molar-refractivity contribution in [3.05, 3.63) is 28.2 Å². The van der Waals surface area contributed by atoms with E-state index in [1.165, 1.54) is 24.1 Å². The van der Waals surface area contributed by atoms with E-state index in [0.717, 1.165) is 17.6 Å². The summed E-state index contributed by atoms with van der Waals surface area (Å²) in [6, 6.07) is 6.41. The average molecular weight is 317 g/mol. The topological polar surface area (TPSA) is 3.24 Å². The SMILES string of the molecule is CC1(C)CCN(c2ccc(Br)cc2CCl)CC1. The van der Waals surface area contributed by atoms with Crippen LogP contribution in [0.5, 0.6) is 0 Å². The first-order valence-electron chi connectivity index (χ1n) is 6.11. The van der Waals surface area contributed by atoms with Gasteiger partial charge in [-0.25, -0.2) is 0 Å². The van der Waals surface area contributed by atoms with Crippen LogP contribution in [0.15, 0.2) is 22.7 Å². The summed E-state index contributed by atoms with van der Waals surface area (Å²) in [6.07, 6.45) is 2.51. The average Bonchev–Trinajstić information content (AvgIpc) is 2.29. The third kappa shape index (κ3) is 3.17. The van der Waals surface area contributed by atoms with Gasteiger partial charge in [-0.15, -0.1) is 11.6 Å². The predicted molar refractivity (Wildman–Crippen MR) is 78.9 cm³/mol. The molecule has 0 aromatic heterocycles. The van der Waals surface area contributed by atoms with Crippen molar-refractivity contribution in [2.24, 2.45) is 5.41 Å². The molecule has 0 atom stereocenters. The largest absolute Gasteiger partial charge is 0.371 e. The fraction of sp³-hybridized carbons (Fsp3) is 0.571. The lowest BCUT2D eigenvalue weighted by molar-refractivity contribution is 0.279. The molecule has 17 heavy (non-hydrogen) atoms. The molecule has 1 aliphatic rings. The summed E-state index contributed by atoms with van der Waals surface area (Å²) in [4.78, 5) is 2.47. The van der Waals surface area contributed by atoms with Crippen LogP contribution in [0.4, 0.5) is 5.69 Å². The van der Waals surface area contributed by atoms with E-state index in [1.807, 2.05) is 0 Å². The highest BCUT2D eigenvalue weighted by atomic mass is 79.9. The zero-order valence-electron chi connectivity index (χ0n) is 10.5. The van der Waals surface area contributed by atoms with E-state index in [-0.39, 0.29) is 0 Å². The Morgan fingerprint density at radius 3 is 2.53 bits per heavy atom. The van der Waals surface area contributed by atoms with Crippen LogP contribution >= 0.6 is 27.5 Å². The smallest absolute Gasteiger partial charge is 0.0494 e. The summed E-state index contributed by atoms with van der Waals surface area (Å²) in [5.41, 5.74) is 3.02. The molecule has 1 aromatic rings. The molecule has 1 aromatic carbocycles. The zero-order valence-corrected chi connectivity index (χ0v) is 12.8. The second kappa shape index (κ2) is 5.19. The quantitative estimate of drug-likeness (QED) is 0.707. The first kappa shape index (κ1) is 13.2. The van der Waals surface area contributed by atoms with Crippen molar-refractivity contribution in [1.82, 2.24) is 0 Å². The van der Waals surface area contributed by atoms with Gasteiger partial charge < -0.3 is 4.90 Å². The number of nitrogens with zero attached hydrogens (tertiary/aromatic N) is 1. The monoisotopic (exact) mass is 315 g/mol. The summed E-state index contributed by atoms with van der Waals surface area (Å²) < 4.78 is 1.11. The Kier molecular flexibility index (Phi) is 4.04. The van der Waals surface area contributed by atoms with Crippen LogP contribution in [0.2, 0.25) is 0 Å². The maximum atomic E-state index is 6.03. The van der Waals surface area contributed by atoms with Gasteiger partial charge in [0.05, 0.1) is 0 Å². The minimum Gasteiger partial charge on any atom is -0.371 e. The van der Waals surface area contributed by atoms with Gasteiger partial charge in [-0.2, -0.15) is 0 Å². The number of hydrogen-bond donors (Lipinski definition) is 0. The van der Waals surface area contributed by atoms with Crippen molar-refractivity contribution < 1.29 is 0 Å². The molecule has 0 N–H and O–H groups in total. The minimum atomic E-state index is 0.493. The van der Waals surface area contributed by atoms with Crippen molar-refractivity contribution >= 4 is 33.2 Å². The fourth-order valence-electron chi connectivity index (χ4n) is 2.32. The van der Waals surface area contributed by atoms with Gasteiger partial charge in [0.15, 0.2) is 0 Å². The predicted octanol–water partition coefficient (Wildman–Crippen LogP) is 4.81. The summed E-state index contributed by atoms with van der Waals surface area (Å²) in [5, 5.41) is 0. The Morgan fingerprint density at radius 1 is 1.29 bits per heavy atom. The zero-order chi connectivity index (χ0) is 12.5. The summed E-state index contributed by atoms with van der Waals surface area (Å²) in [6.45, 7) is 6.99. The van der Waals surface area contributed by atoms with Gasteiger partial charge in [0.25, 0.3) is 0 Å². The number of alkyl halides is 1. The van der Waals surface area contributed by atoms with Crippen LogP contribution in [0, 0.1) is 5.41 Å². The van der Waals surface area contributed by atoms with Gasteiger partial charge in [0.2, 0.25) is 0 Å². The molecule has 0 bridgehead atoms. The van der Waals surface area contributed by atoms with Crippen molar-refractivity contribution in [3.8, 4) is 0 Å². The number of halogens is 2. The first-order valence-corrected chi connectivity index (χ1v) is 7.44. The minimum absolute atomic E-state index is 0.493. The highest BCUT2D eigenvalue weighted by Gasteiger charge is 2.26. The van der Waals surface area contributed by atoms with E-state index in [9.17, 15) is 0 Å². The number of piperidine rings is 1. The highest BCUT2D eigenvalue weighted by molar-refractivity contribution is 9.10. The van der Waals surface area contributed by atoms with Gasteiger partial charge in [-0.1, -0.05) is 29.8 Å². The van der Waals surface area contributed by atoms with Crippen LogP contribution in [-0.4, -0.2) is 13.1 Å². The first-order chi connectivity index (χ1) is 8.02. The van der Waals surface area contributed by atoms with Crippen LogP contribution in [0.3, 0.4) is 0 Å². The molecule has 1 heterocycles. The van der Waals surface area contributed by atoms with Crippen molar-refractivity contribution in [3.63, 3.8) is 0 Å². The Morgan fingerprint density at radius 2 is 1.94 bits per heavy atom. The normalized spacial score (nSPS) is 19.4. The maximum absolute atomic E-state index is 6.03. The third-order valence-corrected chi connectivity index (χ3v) is 4.42. The molecule has 94 valence electrons. The lowest BCUT2D eigenvalue weighted by atomic mass is 9.82. The molecular formula is C14H19BrClN. The lowest BCUT2D eigenvalue weighted by Gasteiger charge is -2.39. The van der Waals surface area contributed by atoms with Crippen LogP contribution < -0.4 is 4.90 Å². The van der Waals surface area contributed by atoms with E-state index in [4.69, 9.17) is 11.6 Å². The molecule has 1 fully saturated rings. The second-order valence-corrected chi connectivity index (χ2v) is 6.74. The van der Waals surface area contributed by atoms with Gasteiger partial charge in [-0.05, 0) is 42.0 Å². The molecule has 1 aliphatic heterocycles. The van der Waals surface area contributed by atoms with Crippen molar-refractivity contribution in [2.75, 3.05) is 18.0 Å². The summed E-state index contributed by atoms with van der Waals surface area (Å²) >= 11 is 9.53. The Hall–Kier alpha value is -0.210. The van der Waals surface area contributed by atoms with Gasteiger partial charge in [0, 0.05) is 29.1 Å². The third-order valence-electron chi connectivity index (χ3n) is 3.64. The Labute approximate surface area is 117 Å². The van der Waals surface area contributed by atoms with E-state index in [2.05, 4.69) is 52.9 Å². The van der Waals surface area contributed by atoms with E-state index in [1.54, 1.807) is 0 Å². The molecule has 0 saturated carbocycles. The molecule has 0 spiro atoms. The molecule has 0 aliphatic carbocycles. The fourth-order valence-corrected chi connectivity index (χ4v) is 2.95. The highest BCUT2D eigenvalue weighted by Crippen LogP contribution is 2.34. The molecule has 2 rings (SSSR count). The van der Waals surface area contributed by atoms with E-state index >= 15 is 0 Å². The van der Waals surface area contributed by atoms with Crippen LogP contribution in [-0.2, 0) is 5.88 Å². The van der Waals surface area contributed by atoms with Crippen LogP contribution in [0.1, 0.15) is 32.3 Å². The summed E-state index contributed by atoms with van der Waals surface area (Å²) in [7, 11) is 0. The summed E-state index contributed by atoms with van der Waals surface area (Å²) in [5.74, 6) is 0.578. The van der Waals surface area contributed by atoms with Crippen LogP contribution in [0.25, 0.3) is 0 Å². The lowest BCUT2D eigenvalue weighted by Crippen LogP contribution is -2.37. The molecular weight excluding hydrogens is 298 g/mol. The number of rotatable bonds is 2. The van der Waals surface area contributed by atoms with Crippen molar-refractivity contribution in [2.45, 2.75) is 32.6 Å². The number of hydrogen-bond acceptors (Lipinski definition) is 1. The molecule has 1 nitrogen and oxygen atoms in total. The molecule has 3 heteroatoms. The maximum Gasteiger partial charge on any atom is 0.0494 e. The second-order valence-electron chi connectivity index (χ2n) is 5.56. The number of anilines is 1. The van der Waals surface area contributed by atoms with E-state index < -0.39 is 0 Å². The number of benzene rings is 1.